The third kappa shape index (κ3) is 25.0. The molecule has 0 bridgehead atoms. The van der Waals surface area contributed by atoms with Gasteiger partial charge in [-0.05, 0) is 75.0 Å². The van der Waals surface area contributed by atoms with Crippen molar-refractivity contribution >= 4 is 106 Å². The van der Waals surface area contributed by atoms with E-state index in [9.17, 15) is 67.7 Å². The number of aromatic amines is 1. The van der Waals surface area contributed by atoms with Gasteiger partial charge in [-0.2, -0.15) is 12.6 Å². The van der Waals surface area contributed by atoms with E-state index in [4.69, 9.17) is 28.7 Å². The number of nitrogens with zero attached hydrogens (tertiary/aromatic N) is 3. The molecule has 23 N–H and O–H groups in total. The van der Waals surface area contributed by atoms with Gasteiger partial charge in [0, 0.05) is 55.3 Å². The molecule has 0 unspecified atom stereocenters. The fraction of sp³-hybridized carbons (Fsp3) is 0.517. The number of H-pyrrole nitrogens is 1. The summed E-state index contributed by atoms with van der Waals surface area (Å²) in [5, 5.41) is 45.8. The number of carbonyl (C=O) groups excluding carboxylic acids is 11. The zero-order chi connectivity index (χ0) is 68.0. The van der Waals surface area contributed by atoms with Gasteiger partial charge in [0.2, 0.25) is 65.0 Å². The number of likely N-dealkylation sites (tertiary alicyclic amines) is 1. The second kappa shape index (κ2) is 38.2. The number of para-hydroxylation sites is 1. The molecule has 11 amide bonds. The van der Waals surface area contributed by atoms with E-state index in [2.05, 4.69) is 80.8 Å². The minimum atomic E-state index is -1.66. The molecule has 34 heteroatoms. The van der Waals surface area contributed by atoms with Crippen molar-refractivity contribution < 1.29 is 67.7 Å². The van der Waals surface area contributed by atoms with E-state index < -0.39 is 145 Å². The van der Waals surface area contributed by atoms with E-state index in [1.807, 2.05) is 19.9 Å². The number of benzene rings is 2. The van der Waals surface area contributed by atoms with Gasteiger partial charge >= 0.3 is 5.97 Å². The Morgan fingerprint density at radius 2 is 1.15 bits per heavy atom. The molecule has 0 saturated carbocycles. The smallest absolute Gasteiger partial charge is 0.326 e. The van der Waals surface area contributed by atoms with Gasteiger partial charge in [0.1, 0.15) is 54.4 Å². The second-order valence-corrected chi connectivity index (χ2v) is 22.5. The van der Waals surface area contributed by atoms with Gasteiger partial charge in [0.15, 0.2) is 11.9 Å². The highest BCUT2D eigenvalue weighted by atomic mass is 32.1. The summed E-state index contributed by atoms with van der Waals surface area (Å²) in [6.07, 6.45) is 2.28. The number of carboxylic acid groups (broad SMARTS) is 1. The van der Waals surface area contributed by atoms with Crippen molar-refractivity contribution in [1.29, 1.82) is 0 Å². The zero-order valence-electron chi connectivity index (χ0n) is 51.5. The number of hydrogen-bond acceptors (Lipinski definition) is 17. The topological polar surface area (TPSA) is 539 Å². The maximum atomic E-state index is 14.6. The number of aliphatic carboxylic acids is 1. The van der Waals surface area contributed by atoms with Gasteiger partial charge in [-0.25, -0.2) is 4.79 Å². The predicted octanol–water partition coefficient (Wildman–Crippen LogP) is -5.81. The highest BCUT2D eigenvalue weighted by Gasteiger charge is 2.40. The molecule has 4 rings (SSSR count). The Bertz CT molecular complexity index is 3100. The lowest BCUT2D eigenvalue weighted by Gasteiger charge is -2.30. The molecule has 0 radical (unpaired) electrons. The molecule has 1 fully saturated rings. The lowest BCUT2D eigenvalue weighted by atomic mass is 10.0. The summed E-state index contributed by atoms with van der Waals surface area (Å²) in [5.41, 5.74) is 29.3. The Hall–Kier alpha value is -9.57. The summed E-state index contributed by atoms with van der Waals surface area (Å²) in [7, 11) is 0. The Kier molecular flexibility index (Phi) is 31.1. The summed E-state index contributed by atoms with van der Waals surface area (Å²) in [6, 6.07) is 3.80. The molecule has 9 atom stereocenters. The number of fused-ring (bicyclic) bond motifs is 1. The number of aliphatic hydroxyl groups excluding tert-OH is 1. The maximum absolute atomic E-state index is 14.6. The average molecular weight is 1310 g/mol. The number of carbonyl (C=O) groups is 12. The van der Waals surface area contributed by atoms with Gasteiger partial charge < -0.3 is 102 Å². The van der Waals surface area contributed by atoms with E-state index in [1.165, 1.54) is 11.8 Å². The molecule has 1 aliphatic heterocycles. The molecule has 504 valence electrons. The molecule has 1 saturated heterocycles. The molecule has 2 aromatic carbocycles. The number of aliphatic hydroxyl groups is 1. The van der Waals surface area contributed by atoms with E-state index in [0.717, 1.165) is 10.9 Å². The molecule has 1 aromatic heterocycles. The average Bonchev–Trinajstić information content (AvgIpc) is 1.67. The number of nitrogens with one attached hydrogen (secondary N) is 11. The van der Waals surface area contributed by atoms with Crippen molar-refractivity contribution in [2.45, 2.75) is 133 Å². The second-order valence-electron chi connectivity index (χ2n) is 22.1. The third-order valence-electron chi connectivity index (χ3n) is 14.4. The van der Waals surface area contributed by atoms with Gasteiger partial charge in [0.25, 0.3) is 0 Å². The van der Waals surface area contributed by atoms with Gasteiger partial charge in [-0.15, -0.1) is 0 Å². The number of guanidine groups is 2. The van der Waals surface area contributed by atoms with E-state index >= 15 is 0 Å². The number of rotatable bonds is 38. The summed E-state index contributed by atoms with van der Waals surface area (Å²) >= 11 is 4.14. The van der Waals surface area contributed by atoms with Crippen LogP contribution < -0.4 is 81.8 Å². The van der Waals surface area contributed by atoms with E-state index in [-0.39, 0.29) is 101 Å². The van der Waals surface area contributed by atoms with Gasteiger partial charge in [-0.1, -0.05) is 62.4 Å². The lowest BCUT2D eigenvalue weighted by molar-refractivity contribution is -0.142. The number of nitrogens with two attached hydrogens (primary N) is 5. The van der Waals surface area contributed by atoms with E-state index in [0.29, 0.717) is 17.5 Å². The monoisotopic (exact) mass is 1310 g/mol. The number of carboxylic acids is 1. The predicted molar refractivity (Wildman–Crippen MR) is 341 cm³/mol. The minimum Gasteiger partial charge on any atom is -0.480 e. The molecule has 33 nitrogen and oxygen atoms in total. The van der Waals surface area contributed by atoms with Crippen LogP contribution in [0.4, 0.5) is 0 Å². The number of thiol groups is 1. The van der Waals surface area contributed by atoms with Crippen LogP contribution in [0.2, 0.25) is 0 Å². The van der Waals surface area contributed by atoms with Crippen molar-refractivity contribution in [2.24, 2.45) is 44.6 Å². The minimum absolute atomic E-state index is 0.0247. The quantitative estimate of drug-likeness (QED) is 0.0110. The highest BCUT2D eigenvalue weighted by molar-refractivity contribution is 7.80. The fourth-order valence-corrected chi connectivity index (χ4v) is 9.98. The van der Waals surface area contributed by atoms with Crippen molar-refractivity contribution in [3.63, 3.8) is 0 Å². The summed E-state index contributed by atoms with van der Waals surface area (Å²) in [5.74, 6) is -11.1. The largest absolute Gasteiger partial charge is 0.480 e. The van der Waals surface area contributed by atoms with Crippen LogP contribution in [0.1, 0.15) is 76.8 Å². The van der Waals surface area contributed by atoms with Crippen LogP contribution in [-0.2, 0) is 70.4 Å². The van der Waals surface area contributed by atoms with Crippen molar-refractivity contribution in [1.82, 2.24) is 63.1 Å². The van der Waals surface area contributed by atoms with Crippen LogP contribution in [0.15, 0.2) is 70.8 Å². The molecule has 2 heterocycles. The van der Waals surface area contributed by atoms with Crippen LogP contribution in [0.3, 0.4) is 0 Å². The third-order valence-corrected chi connectivity index (χ3v) is 14.8. The summed E-state index contributed by atoms with van der Waals surface area (Å²) in [4.78, 5) is 173. The van der Waals surface area contributed by atoms with Gasteiger partial charge in [0.05, 0.1) is 26.2 Å². The number of amides is 11. The molecule has 0 aliphatic carbocycles. The maximum Gasteiger partial charge on any atom is 0.326 e. The van der Waals surface area contributed by atoms with Crippen molar-refractivity contribution in [3.8, 4) is 0 Å². The molecule has 3 aromatic rings. The van der Waals surface area contributed by atoms with E-state index in [1.54, 1.807) is 54.7 Å². The Balaban J connectivity index is 1.42. The van der Waals surface area contributed by atoms with Crippen LogP contribution in [0, 0.1) is 5.92 Å². The lowest BCUT2D eigenvalue weighted by Crippen LogP contribution is -2.59. The Morgan fingerprint density at radius 1 is 0.620 bits per heavy atom. The van der Waals surface area contributed by atoms with Crippen LogP contribution in [0.25, 0.3) is 10.9 Å². The molecule has 1 aliphatic rings. The zero-order valence-corrected chi connectivity index (χ0v) is 52.4. The Labute approximate surface area is 536 Å². The molecular formula is C58H87N19O14S. The first kappa shape index (κ1) is 74.9. The number of hydrogen-bond donors (Lipinski definition) is 19. The highest BCUT2D eigenvalue weighted by Crippen LogP contribution is 2.22. The first-order valence-electron chi connectivity index (χ1n) is 29.9. The Morgan fingerprint density at radius 3 is 1.73 bits per heavy atom. The number of aliphatic imine (C=N–C) groups is 2. The summed E-state index contributed by atoms with van der Waals surface area (Å²) < 4.78 is 0. The first-order valence-corrected chi connectivity index (χ1v) is 30.5. The fourth-order valence-electron chi connectivity index (χ4n) is 9.72. The molecule has 0 spiro atoms. The van der Waals surface area contributed by atoms with Crippen LogP contribution in [0.5, 0.6) is 0 Å². The molecule has 92 heavy (non-hydrogen) atoms. The van der Waals surface area contributed by atoms with Crippen LogP contribution in [-0.4, -0.2) is 209 Å². The SMILES string of the molecule is CC(C)C[C@H](NC(=O)CN)C(=O)N[C@@H](C)C(=O)N[C@@H](CS)C(=O)N[C@@H](CO)C(=O)NCC(=O)N[C@@H](Cc1ccccc1)C(=O)N1CCC[C@H]1C(=O)N[C@@H](CCCN=C(N)N)C(=O)NCC(=O)N[C@@H](CCCN=C(N)N)C(=O)N[C@@H](Cc1c[nH]c2ccccc12)C(=O)O. The number of aromatic nitrogens is 1. The normalized spacial score (nSPS) is 15.2. The van der Waals surface area contributed by atoms with Gasteiger partial charge in [-0.3, -0.25) is 62.7 Å². The standard InChI is InChI=1S/C58H87N19O14S/c1-31(2)22-39(71-45(79)25-59)52(86)69-32(3)48(82)76-43(30-92)53(87)75-42(29-78)50(84)68-28-47(81)72-40(23-33-12-5-4-6-13-33)55(89)77-21-11-18-44(77)54(88)73-37(16-9-19-64-57(60)61)49(83)67-27-46(80)70-38(17-10-20-65-58(62)63)51(85)74-41(56(90)91)24-34-26-66-36-15-8-7-14-35(34)36/h4-8,12-15,26,31-32,37-44,66,78,92H,9-11,16-25,27-30,59H2,1-3H3,(H,67,83)(H,68,84)(H,69,86)(H,70,80)(H,71,79)(H,72,81)(H,73,88)(H,74,85)(H,75,87)(H,76,82)(H,90,91)(H4,60,61,64)(H4,62,63,65)/t32-,37-,38-,39-,40-,41-,42-,43-,44-/m0/s1. The molecular weight excluding hydrogens is 1220 g/mol. The summed E-state index contributed by atoms with van der Waals surface area (Å²) in [6.45, 7) is 2.27. The van der Waals surface area contributed by atoms with Crippen LogP contribution >= 0.6 is 12.6 Å². The first-order chi connectivity index (χ1) is 43.7. The van der Waals surface area contributed by atoms with Crippen molar-refractivity contribution in [2.75, 3.05) is 51.6 Å². The van der Waals surface area contributed by atoms with Crippen molar-refractivity contribution in [3.05, 3.63) is 71.9 Å².